The molecule has 1 atom stereocenters. The molecule has 358 valence electrons. The first-order valence-corrected chi connectivity index (χ1v) is 25.8. The van der Waals surface area contributed by atoms with Gasteiger partial charge in [-0.3, -0.25) is 37.2 Å². The summed E-state index contributed by atoms with van der Waals surface area (Å²) in [6.07, 6.45) is 3.37. The van der Waals surface area contributed by atoms with E-state index in [1.807, 2.05) is 50.1 Å². The molecule has 0 aliphatic rings. The number of anilines is 6. The van der Waals surface area contributed by atoms with E-state index in [0.717, 1.165) is 17.7 Å². The number of hydrogen-bond acceptors (Lipinski definition) is 20. The molecule has 2 heterocycles. The van der Waals surface area contributed by atoms with Gasteiger partial charge in [0.15, 0.2) is 28.4 Å². The van der Waals surface area contributed by atoms with E-state index < -0.39 is 36.8 Å². The van der Waals surface area contributed by atoms with Gasteiger partial charge in [0.2, 0.25) is 5.16 Å². The van der Waals surface area contributed by atoms with Gasteiger partial charge in [-0.15, -0.1) is 0 Å². The maximum absolute atomic E-state index is 12.2. The van der Waals surface area contributed by atoms with Gasteiger partial charge in [-0.05, 0) is 66.3 Å². The molecule has 21 nitrogen and oxygen atoms in total. The third-order valence-corrected chi connectivity index (χ3v) is 9.69. The van der Waals surface area contributed by atoms with Gasteiger partial charge in [-0.25, -0.2) is 30.9 Å². The van der Waals surface area contributed by atoms with E-state index in [-0.39, 0.29) is 62.8 Å². The van der Waals surface area contributed by atoms with Gasteiger partial charge in [0.25, 0.3) is 11.8 Å². The number of carbonyl (C=O) groups excluding carboxylic acids is 2. The Balaban J connectivity index is 0.000000600. The molecule has 0 aliphatic carbocycles. The number of carbonyl (C=O) groups is 2. The number of nitrogens with one attached hydrogen (secondary N) is 4. The van der Waals surface area contributed by atoms with Crippen LogP contribution in [0.3, 0.4) is 0 Å². The first-order chi connectivity index (χ1) is 30.6. The average molecular weight is 1090 g/mol. The largest absolute Gasteiger partial charge is 1.00 e. The molecule has 4 N–H and O–H groups in total. The van der Waals surface area contributed by atoms with Crippen molar-refractivity contribution in [2.45, 2.75) is 65.7 Å². The summed E-state index contributed by atoms with van der Waals surface area (Å²) < 4.78 is 46.7. The molecular formula is C42H56IN12NaO9S2. The number of aryl methyl sites for hydroxylation is 2. The maximum Gasteiger partial charge on any atom is 1.00 e. The first-order valence-electron chi connectivity index (χ1n) is 19.5. The molecule has 0 saturated heterocycles. The number of halogens is 1. The number of nitriles is 2. The molecule has 4 aromatic rings. The van der Waals surface area contributed by atoms with E-state index in [1.165, 1.54) is 32.2 Å². The van der Waals surface area contributed by atoms with Crippen LogP contribution >= 0.6 is 11.8 Å². The van der Waals surface area contributed by atoms with Crippen molar-refractivity contribution in [3.05, 3.63) is 69.8 Å². The van der Waals surface area contributed by atoms with Crippen LogP contribution in [-0.2, 0) is 20.5 Å². The molecule has 0 fully saturated rings. The Kier molecular flexibility index (Phi) is 24.5. The summed E-state index contributed by atoms with van der Waals surface area (Å²) in [6, 6.07) is 14.7. The van der Waals surface area contributed by atoms with Gasteiger partial charge in [0.1, 0.15) is 43.4 Å². The van der Waals surface area contributed by atoms with Crippen LogP contribution in [0.1, 0.15) is 84.5 Å². The van der Waals surface area contributed by atoms with Crippen LogP contribution in [0.25, 0.3) is 0 Å². The molecular weight excluding hydrogens is 1030 g/mol. The fourth-order valence-corrected chi connectivity index (χ4v) is 6.74. The predicted molar refractivity (Wildman–Crippen MR) is 241 cm³/mol. The van der Waals surface area contributed by atoms with Gasteiger partial charge >= 0.3 is 29.6 Å². The molecule has 67 heavy (non-hydrogen) atoms. The van der Waals surface area contributed by atoms with E-state index in [2.05, 4.69) is 100 Å². The minimum Gasteiger partial charge on any atom is -0.358 e. The summed E-state index contributed by atoms with van der Waals surface area (Å²) in [4.78, 5) is 55.3. The second kappa shape index (κ2) is 27.0. The van der Waals surface area contributed by atoms with Crippen molar-refractivity contribution >= 4 is 69.0 Å². The maximum atomic E-state index is 12.2. The van der Waals surface area contributed by atoms with Gasteiger partial charge in [0, 0.05) is 55.9 Å². The Morgan fingerprint density at radius 2 is 1.12 bits per heavy atom. The molecule has 0 saturated carbocycles. The van der Waals surface area contributed by atoms with Crippen LogP contribution in [0.4, 0.5) is 34.6 Å². The normalized spacial score (nSPS) is 11.4. The second-order valence-electron chi connectivity index (χ2n) is 16.8. The monoisotopic (exact) mass is 1090 g/mol. The van der Waals surface area contributed by atoms with Gasteiger partial charge < -0.3 is 20.4 Å². The minimum atomic E-state index is -5.94. The van der Waals surface area contributed by atoms with E-state index in [4.69, 9.17) is 18.6 Å². The Morgan fingerprint density at radius 1 is 0.746 bits per heavy atom. The van der Waals surface area contributed by atoms with Crippen molar-refractivity contribution < 1.29 is 86.9 Å². The zero-order chi connectivity index (χ0) is 50.3. The molecule has 2 amide bonds. The van der Waals surface area contributed by atoms with Crippen molar-refractivity contribution in [2.75, 3.05) is 74.3 Å². The third-order valence-electron chi connectivity index (χ3n) is 8.44. The standard InChI is InChI=1S/C21H28N6O3S.C21H28N6O2S.IO4.Na/c1-13-8-9-14(19(28)26-30-6)10-16(13)23-17-15(11-22)18(25-20(24-17)31(7)29)27(5)12-21(2,3)4;1-13-8-9-14(19(28)26-29-6)10-16(13)23-17-15(11-22)18(25-20(24-17)30-7)27(5)12-21(2,3)4;2-1(3,4)5;/h8-10H,12H2,1-7H3,(H,26,28)(H,23,24,25);8-10H,12H2,1-7H3,(H,26,28)(H,23,24,25);;/q;;-1;+1. The molecule has 0 aliphatic heterocycles. The van der Waals surface area contributed by atoms with Crippen molar-refractivity contribution in [3.8, 4) is 12.1 Å². The zero-order valence-electron chi connectivity index (χ0n) is 40.3. The zero-order valence-corrected chi connectivity index (χ0v) is 46.1. The topological polar surface area (TPSA) is 316 Å². The van der Waals surface area contributed by atoms with E-state index in [0.29, 0.717) is 57.2 Å². The second-order valence-corrected chi connectivity index (χ2v) is 21.0. The number of hydroxylamine groups is 2. The SMILES string of the molecule is CONC(=O)c1ccc(C)c(Nc2nc(S(C)=O)nc(N(C)CC(C)(C)C)c2C#N)c1.CONC(=O)c1ccc(C)c(Nc2nc(SC)nc(N(C)CC(C)(C)C)c2C#N)c1.[Na+].[O-][I+3]([O-])([O-])[O-]. The van der Waals surface area contributed by atoms with Gasteiger partial charge in [-0.2, -0.15) is 10.5 Å². The number of thioether (sulfide) groups is 1. The van der Waals surface area contributed by atoms with Crippen LogP contribution in [0.2, 0.25) is 0 Å². The fraction of sp³-hybridized carbons (Fsp3) is 0.429. The molecule has 0 spiro atoms. The predicted octanol–water partition coefficient (Wildman–Crippen LogP) is -3.94. The van der Waals surface area contributed by atoms with E-state index in [1.54, 1.807) is 30.3 Å². The van der Waals surface area contributed by atoms with Crippen LogP contribution in [0.5, 0.6) is 0 Å². The van der Waals surface area contributed by atoms with Crippen LogP contribution in [-0.4, -0.2) is 89.9 Å². The number of nitrogens with zero attached hydrogens (tertiary/aromatic N) is 8. The van der Waals surface area contributed by atoms with Crippen LogP contribution in [0, 0.1) is 47.3 Å². The molecule has 0 radical (unpaired) electrons. The fourth-order valence-electron chi connectivity index (χ4n) is 5.94. The summed E-state index contributed by atoms with van der Waals surface area (Å²) in [6.45, 7) is 17.7. The van der Waals surface area contributed by atoms with Crippen LogP contribution in [0.15, 0.2) is 46.7 Å². The number of hydrogen-bond donors (Lipinski definition) is 4. The molecule has 2 aromatic carbocycles. The molecule has 1 unspecified atom stereocenters. The Hall–Kier alpha value is -4.29. The number of rotatable bonds is 14. The van der Waals surface area contributed by atoms with Crippen molar-refractivity contribution in [1.82, 2.24) is 30.9 Å². The van der Waals surface area contributed by atoms with Gasteiger partial charge in [-0.1, -0.05) is 65.4 Å². The summed E-state index contributed by atoms with van der Waals surface area (Å²) in [5.41, 5.74) is 8.92. The summed E-state index contributed by atoms with van der Waals surface area (Å²) in [5, 5.41) is 26.8. The Morgan fingerprint density at radius 3 is 1.45 bits per heavy atom. The molecule has 4 rings (SSSR count). The van der Waals surface area contributed by atoms with Crippen molar-refractivity contribution in [1.29, 1.82) is 10.5 Å². The van der Waals surface area contributed by atoms with Crippen molar-refractivity contribution in [2.24, 2.45) is 10.8 Å². The van der Waals surface area contributed by atoms with E-state index >= 15 is 0 Å². The minimum absolute atomic E-state index is 0. The summed E-state index contributed by atoms with van der Waals surface area (Å²) in [7, 11) is 5.03. The Bertz CT molecular complexity index is 2450. The van der Waals surface area contributed by atoms with Crippen molar-refractivity contribution in [3.63, 3.8) is 0 Å². The molecule has 2 aromatic heterocycles. The number of aromatic nitrogens is 4. The Labute approximate surface area is 426 Å². The number of benzene rings is 2. The first kappa shape index (κ1) is 60.7. The average Bonchev–Trinajstić information content (AvgIpc) is 3.20. The van der Waals surface area contributed by atoms with Crippen LogP contribution < -0.4 is 94.8 Å². The quantitative estimate of drug-likeness (QED) is 0.0308. The number of amides is 2. The van der Waals surface area contributed by atoms with Gasteiger partial charge in [0.05, 0.1) is 25.0 Å². The third kappa shape index (κ3) is 20.5. The summed E-state index contributed by atoms with van der Waals surface area (Å²) >= 11 is -4.54. The molecule has 0 bridgehead atoms. The summed E-state index contributed by atoms with van der Waals surface area (Å²) in [5.74, 6) is 0.825. The smallest absolute Gasteiger partial charge is 0.358 e. The molecule has 25 heteroatoms. The van der Waals surface area contributed by atoms with E-state index in [9.17, 15) is 24.3 Å².